The van der Waals surface area contributed by atoms with Crippen molar-refractivity contribution in [3.05, 3.63) is 40.4 Å². The molecule has 7 nitrogen and oxygen atoms in total. The van der Waals surface area contributed by atoms with E-state index in [9.17, 15) is 9.90 Å². The third kappa shape index (κ3) is 3.95. The Hall–Kier alpha value is -2.58. The summed E-state index contributed by atoms with van der Waals surface area (Å²) >= 11 is 1.66. The average Bonchev–Trinajstić information content (AvgIpc) is 3.24. The molecule has 3 heterocycles. The maximum atomic E-state index is 12.8. The Morgan fingerprint density at radius 1 is 1.38 bits per heavy atom. The molecule has 0 saturated carbocycles. The fourth-order valence-electron chi connectivity index (χ4n) is 3.54. The van der Waals surface area contributed by atoms with Crippen molar-refractivity contribution in [3.8, 4) is 5.75 Å². The van der Waals surface area contributed by atoms with Crippen molar-refractivity contribution in [3.63, 3.8) is 0 Å². The molecule has 0 spiro atoms. The van der Waals surface area contributed by atoms with Gasteiger partial charge in [0.2, 0.25) is 0 Å². The maximum Gasteiger partial charge on any atom is 0.435 e. The Morgan fingerprint density at radius 3 is 2.83 bits per heavy atom. The van der Waals surface area contributed by atoms with Gasteiger partial charge in [-0.15, -0.1) is 11.3 Å². The molecule has 1 unspecified atom stereocenters. The summed E-state index contributed by atoms with van der Waals surface area (Å²) in [6.07, 6.45) is 0.271. The van der Waals surface area contributed by atoms with Gasteiger partial charge in [-0.2, -0.15) is 9.78 Å². The summed E-state index contributed by atoms with van der Waals surface area (Å²) in [4.78, 5) is 16.1. The van der Waals surface area contributed by atoms with Gasteiger partial charge in [0, 0.05) is 29.6 Å². The molecule has 1 aromatic carbocycles. The van der Waals surface area contributed by atoms with Crippen molar-refractivity contribution in [1.29, 1.82) is 0 Å². The number of fused-ring (bicyclic) bond motifs is 2. The van der Waals surface area contributed by atoms with E-state index >= 15 is 0 Å². The van der Waals surface area contributed by atoms with Crippen LogP contribution in [0.4, 0.5) is 10.5 Å². The van der Waals surface area contributed by atoms with Crippen LogP contribution in [0.25, 0.3) is 10.2 Å². The monoisotopic (exact) mass is 414 g/mol. The van der Waals surface area contributed by atoms with Gasteiger partial charge in [-0.1, -0.05) is 6.07 Å². The van der Waals surface area contributed by atoms with E-state index in [1.807, 2.05) is 47.0 Å². The lowest BCUT2D eigenvalue weighted by atomic mass is 10.1. The standard InChI is InChI=1S/C21H26N4O3S/c1-21(2,3)28-20(27)25-17-10-14(11-24(4)5)29-19(17)18(23-25)16-8-12-6-7-13(26)9-15(12)22-16/h6-7,9-10,16,22,26H,8,11H2,1-5H3. The number of thiophene rings is 1. The van der Waals surface area contributed by atoms with E-state index in [4.69, 9.17) is 4.74 Å². The van der Waals surface area contributed by atoms with E-state index in [0.29, 0.717) is 0 Å². The van der Waals surface area contributed by atoms with Crippen LogP contribution in [-0.4, -0.2) is 45.6 Å². The minimum absolute atomic E-state index is 0.0659. The zero-order valence-corrected chi connectivity index (χ0v) is 18.1. The zero-order valence-electron chi connectivity index (χ0n) is 17.3. The lowest BCUT2D eigenvalue weighted by Crippen LogP contribution is -2.28. The van der Waals surface area contributed by atoms with Gasteiger partial charge in [0.25, 0.3) is 0 Å². The van der Waals surface area contributed by atoms with E-state index in [1.54, 1.807) is 23.5 Å². The number of ether oxygens (including phenoxy) is 1. The summed E-state index contributed by atoms with van der Waals surface area (Å²) in [5.41, 5.74) is 3.03. The summed E-state index contributed by atoms with van der Waals surface area (Å²) in [5.74, 6) is 0.228. The Balaban J connectivity index is 1.75. The molecule has 3 aromatic rings. The third-order valence-corrected chi connectivity index (χ3v) is 5.78. The molecule has 0 radical (unpaired) electrons. The van der Waals surface area contributed by atoms with Crippen LogP contribution in [0.2, 0.25) is 0 Å². The Labute approximate surface area is 173 Å². The second-order valence-corrected chi connectivity index (χ2v) is 9.82. The van der Waals surface area contributed by atoms with Crippen LogP contribution in [0.1, 0.15) is 42.9 Å². The van der Waals surface area contributed by atoms with Crippen molar-refractivity contribution in [2.24, 2.45) is 0 Å². The number of hydrogen-bond acceptors (Lipinski definition) is 7. The fraction of sp³-hybridized carbons (Fsp3) is 0.429. The second-order valence-electron chi connectivity index (χ2n) is 8.68. The minimum Gasteiger partial charge on any atom is -0.508 e. The molecule has 1 atom stereocenters. The van der Waals surface area contributed by atoms with Gasteiger partial charge in [-0.3, -0.25) is 0 Å². The predicted octanol–water partition coefficient (Wildman–Crippen LogP) is 4.36. The van der Waals surface area contributed by atoms with Crippen molar-refractivity contribution in [2.75, 3.05) is 19.4 Å². The largest absolute Gasteiger partial charge is 0.508 e. The third-order valence-electron chi connectivity index (χ3n) is 4.65. The minimum atomic E-state index is -0.600. The molecular formula is C21H26N4O3S. The van der Waals surface area contributed by atoms with Crippen LogP contribution >= 0.6 is 11.3 Å². The number of anilines is 1. The fourth-order valence-corrected chi connectivity index (χ4v) is 4.83. The van der Waals surface area contributed by atoms with Gasteiger partial charge in [0.05, 0.1) is 16.3 Å². The first kappa shape index (κ1) is 19.7. The predicted molar refractivity (Wildman–Crippen MR) is 115 cm³/mol. The van der Waals surface area contributed by atoms with E-state index < -0.39 is 11.7 Å². The van der Waals surface area contributed by atoms with Gasteiger partial charge in [0.15, 0.2) is 0 Å². The van der Waals surface area contributed by atoms with Gasteiger partial charge in [0.1, 0.15) is 17.0 Å². The number of aromatic nitrogens is 2. The van der Waals surface area contributed by atoms with Crippen molar-refractivity contribution < 1.29 is 14.6 Å². The van der Waals surface area contributed by atoms with Crippen molar-refractivity contribution >= 4 is 33.3 Å². The summed E-state index contributed by atoms with van der Waals surface area (Å²) < 4.78 is 7.95. The van der Waals surface area contributed by atoms with E-state index in [-0.39, 0.29) is 11.8 Å². The van der Waals surface area contributed by atoms with E-state index in [1.165, 1.54) is 4.68 Å². The van der Waals surface area contributed by atoms with Crippen LogP contribution < -0.4 is 5.32 Å². The number of carbonyl (C=O) groups excluding carboxylic acids is 1. The Bertz CT molecular complexity index is 1080. The van der Waals surface area contributed by atoms with Crippen molar-refractivity contribution in [2.45, 2.75) is 45.4 Å². The lowest BCUT2D eigenvalue weighted by molar-refractivity contribution is 0.0522. The van der Waals surface area contributed by atoms with Crippen molar-refractivity contribution in [1.82, 2.24) is 14.7 Å². The summed E-state index contributed by atoms with van der Waals surface area (Å²) in [6.45, 7) is 6.33. The number of phenols is 1. The SMILES string of the molecule is CN(C)Cc1cc2c(s1)c(C1Cc3ccc(O)cc3N1)nn2C(=O)OC(C)(C)C. The molecule has 154 valence electrons. The number of nitrogens with one attached hydrogen (secondary N) is 1. The highest BCUT2D eigenvalue weighted by Gasteiger charge is 2.30. The molecule has 0 saturated heterocycles. The first-order chi connectivity index (χ1) is 13.6. The molecule has 1 aliphatic rings. The van der Waals surface area contributed by atoms with Crippen LogP contribution in [0.5, 0.6) is 5.75 Å². The van der Waals surface area contributed by atoms with E-state index in [2.05, 4.69) is 15.3 Å². The number of carbonyl (C=O) groups is 1. The molecule has 0 bridgehead atoms. The first-order valence-corrected chi connectivity index (χ1v) is 10.4. The lowest BCUT2D eigenvalue weighted by Gasteiger charge is -2.19. The van der Waals surface area contributed by atoms with Crippen LogP contribution in [0, 0.1) is 0 Å². The first-order valence-electron chi connectivity index (χ1n) is 9.58. The maximum absolute atomic E-state index is 12.8. The van der Waals surface area contributed by atoms with E-state index in [0.717, 1.165) is 45.0 Å². The number of rotatable bonds is 3. The second kappa shape index (κ2) is 7.03. The van der Waals surface area contributed by atoms with Gasteiger partial charge in [-0.05, 0) is 52.6 Å². The van der Waals surface area contributed by atoms with Crippen LogP contribution in [0.3, 0.4) is 0 Å². The average molecular weight is 415 g/mol. The van der Waals surface area contributed by atoms with Gasteiger partial charge >= 0.3 is 6.09 Å². The molecule has 8 heteroatoms. The molecule has 2 N–H and O–H groups in total. The zero-order chi connectivity index (χ0) is 20.9. The summed E-state index contributed by atoms with van der Waals surface area (Å²) in [7, 11) is 4.04. The van der Waals surface area contributed by atoms with Gasteiger partial charge in [-0.25, -0.2) is 4.79 Å². The molecular weight excluding hydrogens is 388 g/mol. The smallest absolute Gasteiger partial charge is 0.435 e. The molecule has 0 amide bonds. The number of nitrogens with zero attached hydrogens (tertiary/aromatic N) is 3. The molecule has 0 aliphatic carbocycles. The molecule has 29 heavy (non-hydrogen) atoms. The molecule has 2 aromatic heterocycles. The molecule has 1 aliphatic heterocycles. The highest BCUT2D eigenvalue weighted by Crippen LogP contribution is 2.40. The molecule has 0 fully saturated rings. The number of benzene rings is 1. The Kier molecular flexibility index (Phi) is 4.78. The number of hydrogen-bond donors (Lipinski definition) is 2. The van der Waals surface area contributed by atoms with Gasteiger partial charge < -0.3 is 20.1 Å². The number of aromatic hydroxyl groups is 1. The highest BCUT2D eigenvalue weighted by molar-refractivity contribution is 7.19. The topological polar surface area (TPSA) is 79.6 Å². The summed E-state index contributed by atoms with van der Waals surface area (Å²) in [5, 5.41) is 17.9. The van der Waals surface area contributed by atoms with Crippen LogP contribution in [-0.2, 0) is 17.7 Å². The number of phenolic OH excluding ortho intramolecular Hbond substituents is 1. The molecule has 4 rings (SSSR count). The summed E-state index contributed by atoms with van der Waals surface area (Å²) in [6, 6.07) is 7.30. The quantitative estimate of drug-likeness (QED) is 0.663. The Morgan fingerprint density at radius 2 is 2.14 bits per heavy atom. The van der Waals surface area contributed by atoms with Crippen LogP contribution in [0.15, 0.2) is 24.3 Å². The highest BCUT2D eigenvalue weighted by atomic mass is 32.1. The normalized spacial score (nSPS) is 16.3.